The Labute approximate surface area is 130 Å². The fourth-order valence-corrected chi connectivity index (χ4v) is 2.90. The summed E-state index contributed by atoms with van der Waals surface area (Å²) in [6.45, 7) is 1.31. The van der Waals surface area contributed by atoms with Crippen molar-refractivity contribution in [2.24, 2.45) is 0 Å². The largest absolute Gasteiger partial charge is 0.323 e. The van der Waals surface area contributed by atoms with E-state index in [0.717, 1.165) is 22.1 Å². The standard InChI is InChI=1S/C16H14BrFN2O/c17-11-5-6-14(18)15(7-11)20-16(21)13-9-19-8-10-3-1-2-4-12(10)13/h1-7,13,19H,8-9H2,(H,20,21). The van der Waals surface area contributed by atoms with Gasteiger partial charge in [-0.25, -0.2) is 4.39 Å². The number of amides is 1. The second kappa shape index (κ2) is 5.95. The molecule has 0 aliphatic carbocycles. The van der Waals surface area contributed by atoms with E-state index in [1.54, 1.807) is 12.1 Å². The third-order valence-electron chi connectivity index (χ3n) is 3.60. The first-order valence-corrected chi connectivity index (χ1v) is 7.49. The van der Waals surface area contributed by atoms with Crippen molar-refractivity contribution in [2.75, 3.05) is 11.9 Å². The Balaban J connectivity index is 1.85. The number of rotatable bonds is 2. The summed E-state index contributed by atoms with van der Waals surface area (Å²) in [7, 11) is 0. The summed E-state index contributed by atoms with van der Waals surface area (Å²) in [6, 6.07) is 12.3. The third kappa shape index (κ3) is 2.99. The summed E-state index contributed by atoms with van der Waals surface area (Å²) in [6.07, 6.45) is 0. The molecule has 0 bridgehead atoms. The highest BCUT2D eigenvalue weighted by molar-refractivity contribution is 9.10. The predicted molar refractivity (Wildman–Crippen MR) is 83.6 cm³/mol. The molecular weight excluding hydrogens is 335 g/mol. The van der Waals surface area contributed by atoms with Crippen molar-refractivity contribution in [1.29, 1.82) is 0 Å². The van der Waals surface area contributed by atoms with Gasteiger partial charge in [0.15, 0.2) is 0 Å². The molecule has 1 aliphatic heterocycles. The number of hydrogen-bond donors (Lipinski definition) is 2. The topological polar surface area (TPSA) is 41.1 Å². The molecule has 2 N–H and O–H groups in total. The van der Waals surface area contributed by atoms with Crippen molar-refractivity contribution in [1.82, 2.24) is 5.32 Å². The monoisotopic (exact) mass is 348 g/mol. The number of anilines is 1. The van der Waals surface area contributed by atoms with Gasteiger partial charge in [0, 0.05) is 17.6 Å². The zero-order chi connectivity index (χ0) is 14.8. The van der Waals surface area contributed by atoms with Gasteiger partial charge in [-0.1, -0.05) is 40.2 Å². The van der Waals surface area contributed by atoms with Crippen LogP contribution in [0.2, 0.25) is 0 Å². The summed E-state index contributed by atoms with van der Waals surface area (Å²) in [5.74, 6) is -0.955. The molecule has 0 spiro atoms. The minimum atomic E-state index is -0.441. The van der Waals surface area contributed by atoms with Crippen LogP contribution in [0.25, 0.3) is 0 Å². The van der Waals surface area contributed by atoms with E-state index in [4.69, 9.17) is 0 Å². The Hall–Kier alpha value is -1.72. The zero-order valence-corrected chi connectivity index (χ0v) is 12.8. The van der Waals surface area contributed by atoms with E-state index in [1.165, 1.54) is 6.07 Å². The van der Waals surface area contributed by atoms with Crippen LogP contribution in [-0.2, 0) is 11.3 Å². The smallest absolute Gasteiger partial charge is 0.233 e. The van der Waals surface area contributed by atoms with Gasteiger partial charge in [-0.15, -0.1) is 0 Å². The summed E-state index contributed by atoms with van der Waals surface area (Å²) >= 11 is 3.28. The highest BCUT2D eigenvalue weighted by atomic mass is 79.9. The lowest BCUT2D eigenvalue weighted by Crippen LogP contribution is -2.35. The fraction of sp³-hybridized carbons (Fsp3) is 0.188. The van der Waals surface area contributed by atoms with Gasteiger partial charge in [-0.05, 0) is 29.3 Å². The molecule has 1 unspecified atom stereocenters. The highest BCUT2D eigenvalue weighted by Gasteiger charge is 2.26. The van der Waals surface area contributed by atoms with E-state index in [2.05, 4.69) is 26.6 Å². The van der Waals surface area contributed by atoms with Gasteiger partial charge < -0.3 is 10.6 Å². The number of benzene rings is 2. The number of halogens is 2. The average molecular weight is 349 g/mol. The average Bonchev–Trinajstić information content (AvgIpc) is 2.50. The molecule has 21 heavy (non-hydrogen) atoms. The molecule has 0 fully saturated rings. The second-order valence-corrected chi connectivity index (χ2v) is 5.91. The molecule has 1 heterocycles. The van der Waals surface area contributed by atoms with Crippen molar-refractivity contribution in [2.45, 2.75) is 12.5 Å². The first kappa shape index (κ1) is 14.2. The van der Waals surface area contributed by atoms with E-state index in [-0.39, 0.29) is 17.5 Å². The molecule has 0 saturated heterocycles. The molecule has 2 aromatic carbocycles. The lowest BCUT2D eigenvalue weighted by Gasteiger charge is -2.25. The second-order valence-electron chi connectivity index (χ2n) is 5.00. The first-order valence-electron chi connectivity index (χ1n) is 6.69. The first-order chi connectivity index (χ1) is 10.1. The van der Waals surface area contributed by atoms with Crippen molar-refractivity contribution >= 4 is 27.5 Å². The van der Waals surface area contributed by atoms with Crippen LogP contribution in [0.15, 0.2) is 46.9 Å². The molecule has 0 aromatic heterocycles. The van der Waals surface area contributed by atoms with Crippen LogP contribution < -0.4 is 10.6 Å². The molecular formula is C16H14BrFN2O. The minimum Gasteiger partial charge on any atom is -0.323 e. The Kier molecular flexibility index (Phi) is 4.03. The van der Waals surface area contributed by atoms with Crippen LogP contribution in [-0.4, -0.2) is 12.5 Å². The minimum absolute atomic E-state index is 0.192. The Morgan fingerprint density at radius 1 is 1.29 bits per heavy atom. The van der Waals surface area contributed by atoms with E-state index < -0.39 is 5.82 Å². The fourth-order valence-electron chi connectivity index (χ4n) is 2.54. The number of carbonyl (C=O) groups excluding carboxylic acids is 1. The third-order valence-corrected chi connectivity index (χ3v) is 4.09. The molecule has 108 valence electrons. The lowest BCUT2D eigenvalue weighted by molar-refractivity contribution is -0.117. The van der Waals surface area contributed by atoms with Crippen molar-refractivity contribution in [3.63, 3.8) is 0 Å². The molecule has 3 rings (SSSR count). The van der Waals surface area contributed by atoms with Gasteiger partial charge in [0.25, 0.3) is 0 Å². The Morgan fingerprint density at radius 2 is 2.10 bits per heavy atom. The van der Waals surface area contributed by atoms with Gasteiger partial charge in [0.1, 0.15) is 5.82 Å². The maximum Gasteiger partial charge on any atom is 0.233 e. The molecule has 3 nitrogen and oxygen atoms in total. The van der Waals surface area contributed by atoms with E-state index >= 15 is 0 Å². The normalized spacial score (nSPS) is 17.1. The summed E-state index contributed by atoms with van der Waals surface area (Å²) in [5.41, 5.74) is 2.31. The summed E-state index contributed by atoms with van der Waals surface area (Å²) < 4.78 is 14.5. The maximum absolute atomic E-state index is 13.7. The number of hydrogen-bond acceptors (Lipinski definition) is 2. The Bertz CT molecular complexity index is 690. The van der Waals surface area contributed by atoms with Crippen molar-refractivity contribution in [3.8, 4) is 0 Å². The predicted octanol–water partition coefficient (Wildman–Crippen LogP) is 3.41. The quantitative estimate of drug-likeness (QED) is 0.873. The highest BCUT2D eigenvalue weighted by Crippen LogP contribution is 2.26. The molecule has 5 heteroatoms. The summed E-state index contributed by atoms with van der Waals surface area (Å²) in [4.78, 5) is 12.5. The van der Waals surface area contributed by atoms with Crippen molar-refractivity contribution < 1.29 is 9.18 Å². The SMILES string of the molecule is O=C(Nc1cc(Br)ccc1F)C1CNCc2ccccc21. The molecule has 1 aliphatic rings. The van der Waals surface area contributed by atoms with Gasteiger partial charge >= 0.3 is 0 Å². The lowest BCUT2D eigenvalue weighted by atomic mass is 9.90. The summed E-state index contributed by atoms with van der Waals surface area (Å²) in [5, 5.41) is 5.90. The van der Waals surface area contributed by atoms with E-state index in [9.17, 15) is 9.18 Å². The van der Waals surface area contributed by atoms with Gasteiger partial charge in [0.05, 0.1) is 11.6 Å². The number of fused-ring (bicyclic) bond motifs is 1. The number of carbonyl (C=O) groups is 1. The van der Waals surface area contributed by atoms with Crippen LogP contribution >= 0.6 is 15.9 Å². The molecule has 1 amide bonds. The van der Waals surface area contributed by atoms with E-state index in [1.807, 2.05) is 24.3 Å². The maximum atomic E-state index is 13.7. The number of nitrogens with one attached hydrogen (secondary N) is 2. The van der Waals surface area contributed by atoms with Crippen LogP contribution in [0.4, 0.5) is 10.1 Å². The zero-order valence-electron chi connectivity index (χ0n) is 11.2. The molecule has 0 radical (unpaired) electrons. The van der Waals surface area contributed by atoms with Crippen LogP contribution in [0, 0.1) is 5.82 Å². The van der Waals surface area contributed by atoms with Crippen LogP contribution in [0.5, 0.6) is 0 Å². The van der Waals surface area contributed by atoms with Crippen molar-refractivity contribution in [3.05, 3.63) is 63.9 Å². The van der Waals surface area contributed by atoms with Crippen LogP contribution in [0.3, 0.4) is 0 Å². The van der Waals surface area contributed by atoms with Crippen LogP contribution in [0.1, 0.15) is 17.0 Å². The van der Waals surface area contributed by atoms with Gasteiger partial charge in [0.2, 0.25) is 5.91 Å². The Morgan fingerprint density at radius 3 is 2.95 bits per heavy atom. The molecule has 1 atom stereocenters. The van der Waals surface area contributed by atoms with Gasteiger partial charge in [-0.2, -0.15) is 0 Å². The molecule has 0 saturated carbocycles. The molecule has 2 aromatic rings. The van der Waals surface area contributed by atoms with E-state index in [0.29, 0.717) is 6.54 Å². The van der Waals surface area contributed by atoms with Gasteiger partial charge in [-0.3, -0.25) is 4.79 Å².